The van der Waals surface area contributed by atoms with Crippen LogP contribution in [-0.2, 0) is 9.59 Å². The van der Waals surface area contributed by atoms with Crippen molar-refractivity contribution in [2.75, 3.05) is 32.7 Å². The zero-order valence-corrected chi connectivity index (χ0v) is 10.1. The maximum Gasteiger partial charge on any atom is 0.317 e. The topological polar surface area (TPSA) is 90.0 Å². The van der Waals surface area contributed by atoms with Gasteiger partial charge in [0.25, 0.3) is 0 Å². The Morgan fingerprint density at radius 2 is 1.72 bits per heavy atom. The molecule has 2 fully saturated rings. The fraction of sp³-hybridized carbons (Fsp3) is 0.727. The summed E-state index contributed by atoms with van der Waals surface area (Å²) in [5.74, 6) is -1.42. The Bertz CT molecular complexity index is 359. The molecule has 2 saturated heterocycles. The largest absolute Gasteiger partial charge is 0.481 e. The third-order valence-corrected chi connectivity index (χ3v) is 3.37. The Hall–Kier alpha value is -1.79. The number of nitrogens with one attached hydrogen (secondary N) is 1. The summed E-state index contributed by atoms with van der Waals surface area (Å²) in [6, 6.07) is -0.361. The van der Waals surface area contributed by atoms with Crippen LogP contribution in [0.5, 0.6) is 0 Å². The van der Waals surface area contributed by atoms with Gasteiger partial charge in [-0.25, -0.2) is 4.79 Å². The van der Waals surface area contributed by atoms with Crippen molar-refractivity contribution in [1.29, 1.82) is 0 Å². The molecule has 0 bridgehead atoms. The molecule has 0 aromatic rings. The van der Waals surface area contributed by atoms with E-state index in [2.05, 4.69) is 5.32 Å². The molecule has 0 aromatic carbocycles. The normalized spacial score (nSPS) is 19.6. The van der Waals surface area contributed by atoms with Gasteiger partial charge in [0.2, 0.25) is 5.91 Å². The summed E-state index contributed by atoms with van der Waals surface area (Å²) < 4.78 is 0. The first-order chi connectivity index (χ1) is 8.58. The van der Waals surface area contributed by atoms with Crippen LogP contribution in [0, 0.1) is 5.92 Å². The summed E-state index contributed by atoms with van der Waals surface area (Å²) in [7, 11) is 0. The highest BCUT2D eigenvalue weighted by Gasteiger charge is 2.35. The monoisotopic (exact) mass is 255 g/mol. The van der Waals surface area contributed by atoms with Gasteiger partial charge in [-0.2, -0.15) is 0 Å². The molecule has 2 N–H and O–H groups in total. The minimum Gasteiger partial charge on any atom is -0.481 e. The molecule has 2 aliphatic rings. The van der Waals surface area contributed by atoms with Gasteiger partial charge in [0.15, 0.2) is 0 Å². The highest BCUT2D eigenvalue weighted by molar-refractivity contribution is 5.85. The lowest BCUT2D eigenvalue weighted by molar-refractivity contribution is -0.146. The van der Waals surface area contributed by atoms with Crippen LogP contribution in [0.25, 0.3) is 0 Å². The molecular formula is C11H17N3O4. The van der Waals surface area contributed by atoms with Crippen LogP contribution in [0.2, 0.25) is 0 Å². The van der Waals surface area contributed by atoms with Crippen molar-refractivity contribution < 1.29 is 19.5 Å². The number of hydrogen-bond donors (Lipinski definition) is 2. The molecule has 18 heavy (non-hydrogen) atoms. The first-order valence-corrected chi connectivity index (χ1v) is 6.11. The summed E-state index contributed by atoms with van der Waals surface area (Å²) in [4.78, 5) is 36.9. The Labute approximate surface area is 105 Å². The third kappa shape index (κ3) is 2.72. The number of aliphatic carboxylic acids is 1. The van der Waals surface area contributed by atoms with E-state index < -0.39 is 11.9 Å². The smallest absolute Gasteiger partial charge is 0.317 e. The number of urea groups is 1. The average Bonchev–Trinajstić information content (AvgIpc) is 2.76. The number of carboxylic acids is 1. The SMILES string of the molecule is O=C(O)C1CN(C(=O)NCC(=O)N2CCCC2)C1. The number of carbonyl (C=O) groups excluding carboxylic acids is 2. The Morgan fingerprint density at radius 3 is 2.28 bits per heavy atom. The standard InChI is InChI=1S/C11H17N3O4/c15-9(13-3-1-2-4-13)5-12-11(18)14-6-8(7-14)10(16)17/h8H,1-7H2,(H,12,18)(H,16,17). The number of carboxylic acid groups (broad SMARTS) is 1. The molecule has 100 valence electrons. The van der Waals surface area contributed by atoms with Gasteiger partial charge in [-0.05, 0) is 12.8 Å². The lowest BCUT2D eigenvalue weighted by Crippen LogP contribution is -2.57. The van der Waals surface area contributed by atoms with Crippen molar-refractivity contribution in [2.24, 2.45) is 5.92 Å². The van der Waals surface area contributed by atoms with Crippen LogP contribution in [0.3, 0.4) is 0 Å². The molecule has 3 amide bonds. The second-order valence-corrected chi connectivity index (χ2v) is 4.69. The van der Waals surface area contributed by atoms with Crippen LogP contribution in [0.1, 0.15) is 12.8 Å². The number of likely N-dealkylation sites (tertiary alicyclic amines) is 2. The number of hydrogen-bond acceptors (Lipinski definition) is 3. The molecule has 0 atom stereocenters. The molecule has 0 aliphatic carbocycles. The predicted molar refractivity (Wildman–Crippen MR) is 61.9 cm³/mol. The van der Waals surface area contributed by atoms with Crippen molar-refractivity contribution in [3.8, 4) is 0 Å². The highest BCUT2D eigenvalue weighted by atomic mass is 16.4. The Kier molecular flexibility index (Phi) is 3.69. The fourth-order valence-corrected chi connectivity index (χ4v) is 2.14. The van der Waals surface area contributed by atoms with E-state index >= 15 is 0 Å². The molecular weight excluding hydrogens is 238 g/mol. The van der Waals surface area contributed by atoms with Crippen LogP contribution >= 0.6 is 0 Å². The molecule has 7 nitrogen and oxygen atoms in total. The number of amides is 3. The van der Waals surface area contributed by atoms with Gasteiger partial charge in [-0.3, -0.25) is 9.59 Å². The lowest BCUT2D eigenvalue weighted by atomic mass is 10.0. The quantitative estimate of drug-likeness (QED) is 0.700. The maximum atomic E-state index is 11.6. The van der Waals surface area contributed by atoms with Gasteiger partial charge in [0.05, 0.1) is 12.5 Å². The van der Waals surface area contributed by atoms with Gasteiger partial charge in [0, 0.05) is 26.2 Å². The van der Waals surface area contributed by atoms with Crippen molar-refractivity contribution in [1.82, 2.24) is 15.1 Å². The van der Waals surface area contributed by atoms with E-state index in [-0.39, 0.29) is 31.6 Å². The van der Waals surface area contributed by atoms with Crippen LogP contribution < -0.4 is 5.32 Å². The van der Waals surface area contributed by atoms with Crippen molar-refractivity contribution in [2.45, 2.75) is 12.8 Å². The molecule has 0 aromatic heterocycles. The van der Waals surface area contributed by atoms with Gasteiger partial charge in [-0.15, -0.1) is 0 Å². The molecule has 0 unspecified atom stereocenters. The predicted octanol–water partition coefficient (Wildman–Crippen LogP) is -0.665. The molecule has 2 heterocycles. The third-order valence-electron chi connectivity index (χ3n) is 3.37. The second kappa shape index (κ2) is 5.24. The first-order valence-electron chi connectivity index (χ1n) is 6.11. The summed E-state index contributed by atoms with van der Waals surface area (Å²) in [5.41, 5.74) is 0. The van der Waals surface area contributed by atoms with Crippen molar-refractivity contribution in [3.05, 3.63) is 0 Å². The van der Waals surface area contributed by atoms with E-state index in [1.54, 1.807) is 4.90 Å². The Morgan fingerprint density at radius 1 is 1.11 bits per heavy atom. The van der Waals surface area contributed by atoms with Gasteiger partial charge >= 0.3 is 12.0 Å². The van der Waals surface area contributed by atoms with E-state index in [9.17, 15) is 14.4 Å². The van der Waals surface area contributed by atoms with Crippen LogP contribution in [0.4, 0.5) is 4.79 Å². The lowest BCUT2D eigenvalue weighted by Gasteiger charge is -2.36. The highest BCUT2D eigenvalue weighted by Crippen LogP contribution is 2.15. The van der Waals surface area contributed by atoms with Gasteiger partial charge in [-0.1, -0.05) is 0 Å². The zero-order valence-electron chi connectivity index (χ0n) is 10.1. The van der Waals surface area contributed by atoms with Crippen molar-refractivity contribution >= 4 is 17.9 Å². The van der Waals surface area contributed by atoms with E-state index in [0.29, 0.717) is 0 Å². The van der Waals surface area contributed by atoms with Gasteiger partial charge in [0.1, 0.15) is 0 Å². The summed E-state index contributed by atoms with van der Waals surface area (Å²) in [6.07, 6.45) is 2.04. The van der Waals surface area contributed by atoms with Crippen LogP contribution in [-0.4, -0.2) is 65.5 Å². The average molecular weight is 255 g/mol. The van der Waals surface area contributed by atoms with E-state index in [4.69, 9.17) is 5.11 Å². The molecule has 0 saturated carbocycles. The minimum absolute atomic E-state index is 0.00687. The van der Waals surface area contributed by atoms with Gasteiger partial charge < -0.3 is 20.2 Å². The number of carbonyl (C=O) groups is 3. The summed E-state index contributed by atoms with van der Waals surface area (Å²) in [5, 5.41) is 11.2. The minimum atomic E-state index is -0.882. The maximum absolute atomic E-state index is 11.6. The van der Waals surface area contributed by atoms with E-state index in [1.165, 1.54) is 4.90 Å². The van der Waals surface area contributed by atoms with E-state index in [0.717, 1.165) is 25.9 Å². The molecule has 0 spiro atoms. The second-order valence-electron chi connectivity index (χ2n) is 4.69. The fourth-order valence-electron chi connectivity index (χ4n) is 2.14. The van der Waals surface area contributed by atoms with Crippen molar-refractivity contribution in [3.63, 3.8) is 0 Å². The molecule has 2 rings (SSSR count). The molecule has 7 heteroatoms. The van der Waals surface area contributed by atoms with Crippen LogP contribution in [0.15, 0.2) is 0 Å². The summed E-state index contributed by atoms with van der Waals surface area (Å²) in [6.45, 7) is 1.96. The zero-order chi connectivity index (χ0) is 13.1. The van der Waals surface area contributed by atoms with E-state index in [1.807, 2.05) is 0 Å². The summed E-state index contributed by atoms with van der Waals surface area (Å²) >= 11 is 0. The molecule has 0 radical (unpaired) electrons. The molecule has 2 aliphatic heterocycles. The first kappa shape index (κ1) is 12.7. The number of rotatable bonds is 3. The Balaban J connectivity index is 1.66. The number of nitrogens with zero attached hydrogens (tertiary/aromatic N) is 2.